The van der Waals surface area contributed by atoms with Gasteiger partial charge < -0.3 is 15.2 Å². The van der Waals surface area contributed by atoms with E-state index in [1.807, 2.05) is 0 Å². The quantitative estimate of drug-likeness (QED) is 0.616. The van der Waals surface area contributed by atoms with Crippen molar-refractivity contribution < 1.29 is 23.0 Å². The summed E-state index contributed by atoms with van der Waals surface area (Å²) in [6.45, 7) is 0.183. The van der Waals surface area contributed by atoms with Crippen molar-refractivity contribution in [1.82, 2.24) is 0 Å². The van der Waals surface area contributed by atoms with Gasteiger partial charge in [-0.05, 0) is 18.2 Å². The lowest BCUT2D eigenvalue weighted by atomic mass is 10.2. The Hall–Kier alpha value is -1.71. The molecule has 0 saturated heterocycles. The summed E-state index contributed by atoms with van der Waals surface area (Å²) < 4.78 is 42.3. The van der Waals surface area contributed by atoms with Gasteiger partial charge in [-0.3, -0.25) is 0 Å². The SMILES string of the molecule is C#CCOCC(O)CNc1cccc(C(F)(F)F)c1. The van der Waals surface area contributed by atoms with Crippen LogP contribution >= 0.6 is 0 Å². The van der Waals surface area contributed by atoms with Crippen LogP contribution in [0.3, 0.4) is 0 Å². The molecule has 0 spiro atoms. The molecule has 1 unspecified atom stereocenters. The maximum atomic E-state index is 12.5. The average molecular weight is 273 g/mol. The third-order valence-corrected chi connectivity index (χ3v) is 2.23. The van der Waals surface area contributed by atoms with Crippen molar-refractivity contribution in [2.24, 2.45) is 0 Å². The fourth-order valence-corrected chi connectivity index (χ4v) is 1.35. The van der Waals surface area contributed by atoms with Crippen LogP contribution in [0, 0.1) is 12.3 Å². The summed E-state index contributed by atoms with van der Waals surface area (Å²) in [7, 11) is 0. The lowest BCUT2D eigenvalue weighted by Crippen LogP contribution is -2.25. The highest BCUT2D eigenvalue weighted by Gasteiger charge is 2.30. The van der Waals surface area contributed by atoms with Crippen molar-refractivity contribution in [3.63, 3.8) is 0 Å². The van der Waals surface area contributed by atoms with E-state index >= 15 is 0 Å². The van der Waals surface area contributed by atoms with Gasteiger partial charge >= 0.3 is 6.18 Å². The Kier molecular flexibility index (Phi) is 5.67. The second-order valence-corrected chi connectivity index (χ2v) is 3.83. The van der Waals surface area contributed by atoms with Crippen LogP contribution in [-0.2, 0) is 10.9 Å². The topological polar surface area (TPSA) is 41.5 Å². The molecule has 0 amide bonds. The number of terminal acetylenes is 1. The lowest BCUT2D eigenvalue weighted by Gasteiger charge is -2.14. The van der Waals surface area contributed by atoms with Crippen LogP contribution in [0.2, 0.25) is 0 Å². The summed E-state index contributed by atoms with van der Waals surface area (Å²) >= 11 is 0. The summed E-state index contributed by atoms with van der Waals surface area (Å²) in [4.78, 5) is 0. The van der Waals surface area contributed by atoms with E-state index in [0.29, 0.717) is 0 Å². The van der Waals surface area contributed by atoms with Crippen molar-refractivity contribution in [2.75, 3.05) is 25.1 Å². The minimum absolute atomic E-state index is 0.0240. The molecule has 0 heterocycles. The Balaban J connectivity index is 2.47. The van der Waals surface area contributed by atoms with Gasteiger partial charge in [-0.25, -0.2) is 0 Å². The molecule has 0 radical (unpaired) electrons. The number of nitrogens with one attached hydrogen (secondary N) is 1. The number of alkyl halides is 3. The predicted octanol–water partition coefficient (Wildman–Crippen LogP) is 2.13. The number of ether oxygens (including phenoxy) is 1. The number of aliphatic hydroxyl groups is 1. The monoisotopic (exact) mass is 273 g/mol. The third-order valence-electron chi connectivity index (χ3n) is 2.23. The fraction of sp³-hybridized carbons (Fsp3) is 0.385. The van der Waals surface area contributed by atoms with Crippen molar-refractivity contribution in [2.45, 2.75) is 12.3 Å². The van der Waals surface area contributed by atoms with E-state index < -0.39 is 17.8 Å². The van der Waals surface area contributed by atoms with E-state index in [0.717, 1.165) is 12.1 Å². The van der Waals surface area contributed by atoms with Gasteiger partial charge in [0, 0.05) is 12.2 Å². The smallest absolute Gasteiger partial charge is 0.389 e. The molecule has 0 saturated carbocycles. The van der Waals surface area contributed by atoms with Crippen molar-refractivity contribution in [3.8, 4) is 12.3 Å². The van der Waals surface area contributed by atoms with Crippen LogP contribution in [0.25, 0.3) is 0 Å². The molecule has 2 N–H and O–H groups in total. The number of benzene rings is 1. The normalized spacial score (nSPS) is 12.8. The highest BCUT2D eigenvalue weighted by atomic mass is 19.4. The molecule has 0 aromatic heterocycles. The van der Waals surface area contributed by atoms with E-state index in [2.05, 4.69) is 11.2 Å². The number of halogens is 3. The number of hydrogen-bond acceptors (Lipinski definition) is 3. The molecule has 0 fully saturated rings. The maximum absolute atomic E-state index is 12.5. The number of hydrogen-bond donors (Lipinski definition) is 2. The Morgan fingerprint density at radius 3 is 2.79 bits per heavy atom. The van der Waals surface area contributed by atoms with Gasteiger partial charge in [0.2, 0.25) is 0 Å². The molecule has 0 bridgehead atoms. The van der Waals surface area contributed by atoms with Gasteiger partial charge in [-0.1, -0.05) is 12.0 Å². The first kappa shape index (κ1) is 15.3. The van der Waals surface area contributed by atoms with Gasteiger partial charge in [-0.15, -0.1) is 6.42 Å². The Morgan fingerprint density at radius 1 is 1.42 bits per heavy atom. The summed E-state index contributed by atoms with van der Waals surface area (Å²) in [5.74, 6) is 2.24. The summed E-state index contributed by atoms with van der Waals surface area (Å²) in [6.07, 6.45) is -0.269. The molecule has 1 atom stereocenters. The first-order chi connectivity index (χ1) is 8.93. The third kappa shape index (κ3) is 5.64. The Morgan fingerprint density at radius 2 is 2.16 bits per heavy atom. The molecule has 3 nitrogen and oxygen atoms in total. The largest absolute Gasteiger partial charge is 0.416 e. The zero-order valence-corrected chi connectivity index (χ0v) is 10.1. The molecule has 104 valence electrons. The lowest BCUT2D eigenvalue weighted by molar-refractivity contribution is -0.137. The highest BCUT2D eigenvalue weighted by molar-refractivity contribution is 5.46. The van der Waals surface area contributed by atoms with Crippen molar-refractivity contribution >= 4 is 5.69 Å². The van der Waals surface area contributed by atoms with Crippen LogP contribution in [0.4, 0.5) is 18.9 Å². The summed E-state index contributed by atoms with van der Waals surface area (Å²) in [6, 6.07) is 4.75. The molecule has 6 heteroatoms. The Bertz CT molecular complexity index is 440. The molecule has 1 aromatic carbocycles. The molecule has 1 rings (SSSR count). The molecule has 1 aromatic rings. The first-order valence-corrected chi connectivity index (χ1v) is 5.54. The second-order valence-electron chi connectivity index (χ2n) is 3.83. The van der Waals surface area contributed by atoms with E-state index in [-0.39, 0.29) is 25.4 Å². The minimum atomic E-state index is -4.38. The van der Waals surface area contributed by atoms with Gasteiger partial charge in [0.1, 0.15) is 6.61 Å². The van der Waals surface area contributed by atoms with E-state index in [4.69, 9.17) is 11.2 Å². The maximum Gasteiger partial charge on any atom is 0.416 e. The molecule has 0 aliphatic rings. The number of aliphatic hydroxyl groups excluding tert-OH is 1. The van der Waals surface area contributed by atoms with Crippen LogP contribution in [0.1, 0.15) is 5.56 Å². The molecule has 0 aliphatic heterocycles. The molecular weight excluding hydrogens is 259 g/mol. The van der Waals surface area contributed by atoms with Crippen LogP contribution in [0.5, 0.6) is 0 Å². The van der Waals surface area contributed by atoms with E-state index in [1.54, 1.807) is 0 Å². The first-order valence-electron chi connectivity index (χ1n) is 5.54. The predicted molar refractivity (Wildman–Crippen MR) is 65.6 cm³/mol. The second kappa shape index (κ2) is 7.02. The Labute approximate surface area is 109 Å². The van der Waals surface area contributed by atoms with Gasteiger partial charge in [0.05, 0.1) is 18.3 Å². The molecular formula is C13H14F3NO2. The van der Waals surface area contributed by atoms with Crippen LogP contribution < -0.4 is 5.32 Å². The zero-order valence-electron chi connectivity index (χ0n) is 10.1. The minimum Gasteiger partial charge on any atom is -0.389 e. The summed E-state index contributed by atoms with van der Waals surface area (Å²) in [5, 5.41) is 12.2. The van der Waals surface area contributed by atoms with Gasteiger partial charge in [0.25, 0.3) is 0 Å². The molecule has 0 aliphatic carbocycles. The highest BCUT2D eigenvalue weighted by Crippen LogP contribution is 2.30. The number of anilines is 1. The van der Waals surface area contributed by atoms with Gasteiger partial charge in [-0.2, -0.15) is 13.2 Å². The van der Waals surface area contributed by atoms with Crippen molar-refractivity contribution in [1.29, 1.82) is 0 Å². The standard InChI is InChI=1S/C13H14F3NO2/c1-2-6-19-9-12(18)8-17-11-5-3-4-10(7-11)13(14,15)16/h1,3-5,7,12,17-18H,6,8-9H2. The van der Waals surface area contributed by atoms with E-state index in [1.165, 1.54) is 12.1 Å². The average Bonchev–Trinajstić information content (AvgIpc) is 2.36. The van der Waals surface area contributed by atoms with Gasteiger partial charge in [0.15, 0.2) is 0 Å². The molecule has 19 heavy (non-hydrogen) atoms. The van der Waals surface area contributed by atoms with Crippen molar-refractivity contribution in [3.05, 3.63) is 29.8 Å². The van der Waals surface area contributed by atoms with E-state index in [9.17, 15) is 18.3 Å². The van der Waals surface area contributed by atoms with Crippen LogP contribution in [0.15, 0.2) is 24.3 Å². The summed E-state index contributed by atoms with van der Waals surface area (Å²) in [5.41, 5.74) is -0.457. The number of rotatable bonds is 6. The zero-order chi connectivity index (χ0) is 14.3. The fourth-order valence-electron chi connectivity index (χ4n) is 1.35. The van der Waals surface area contributed by atoms with Crippen LogP contribution in [-0.4, -0.2) is 31.0 Å².